The van der Waals surface area contributed by atoms with Gasteiger partial charge in [0.2, 0.25) is 0 Å². The predicted molar refractivity (Wildman–Crippen MR) is 483 cm³/mol. The van der Waals surface area contributed by atoms with Crippen LogP contribution in [0.25, 0.3) is 55.2 Å². The fourth-order valence-corrected chi connectivity index (χ4v) is 15.2. The number of nitrogens with two attached hydrogens (primary N) is 2. The minimum Gasteiger partial charge on any atom is -0.477 e. The number of carboxylic acids is 2. The second-order valence-electron chi connectivity index (χ2n) is 23.8. The molecule has 5 unspecified atom stereocenters. The number of carbonyl (C=O) groups is 7. The van der Waals surface area contributed by atoms with Crippen LogP contribution in [0.2, 0.25) is 0 Å². The number of halogens is 1. The summed E-state index contributed by atoms with van der Waals surface area (Å²) in [4.78, 5) is 139. The molecule has 0 saturated heterocycles. The van der Waals surface area contributed by atoms with Gasteiger partial charge in [0.15, 0.2) is 42.4 Å². The number of anilines is 2. The molecule has 0 bridgehead atoms. The third-order valence-corrected chi connectivity index (χ3v) is 23.0. The number of thioether (sulfide) groups is 7. The number of hydrazine groups is 3. The van der Waals surface area contributed by atoms with Crippen LogP contribution in [-0.4, -0.2) is 188 Å². The van der Waals surface area contributed by atoms with Crippen LogP contribution in [0.1, 0.15) is 147 Å². The first kappa shape index (κ1) is 98.9. The van der Waals surface area contributed by atoms with Gasteiger partial charge in [0.25, 0.3) is 17.7 Å². The van der Waals surface area contributed by atoms with Crippen LogP contribution in [-0.2, 0) is 10.5 Å². The molecule has 117 heavy (non-hydrogen) atoms. The largest absolute Gasteiger partial charge is 1.00 e. The normalized spacial score (nSPS) is 12.8. The van der Waals surface area contributed by atoms with Crippen molar-refractivity contribution in [3.05, 3.63) is 119 Å². The molecule has 3 aliphatic rings. The number of aromatic nitrogens is 19. The quantitative estimate of drug-likeness (QED) is 0.00524. The number of nitrogens with zero attached hydrogens (tertiary/aromatic N) is 18. The van der Waals surface area contributed by atoms with Crippen LogP contribution in [0.5, 0.6) is 0 Å². The average molecular weight is 1880 g/mol. The molecule has 50 heteroatoms. The van der Waals surface area contributed by atoms with E-state index in [0.29, 0.717) is 82.6 Å². The number of rotatable bonds is 15. The van der Waals surface area contributed by atoms with E-state index >= 15 is 0 Å². The van der Waals surface area contributed by atoms with Crippen LogP contribution in [0, 0.1) is 6.92 Å². The molecule has 12 aromatic rings. The molecule has 15 rings (SSSR count). The topological polar surface area (TPSA) is 500 Å². The number of nitrogens with one attached hydrogen (secondary N) is 7. The van der Waals surface area contributed by atoms with E-state index in [1.54, 1.807) is 59.6 Å². The van der Waals surface area contributed by atoms with E-state index in [4.69, 9.17) is 21.9 Å². The Labute approximate surface area is 734 Å². The molecule has 2 saturated carbocycles. The Hall–Kier alpha value is -6.89. The number of Topliss-reactive ketones (excluding diaryl/α,β-unsaturated/α-hetero) is 1. The second-order valence-corrected chi connectivity index (χ2v) is 32.1. The van der Waals surface area contributed by atoms with Gasteiger partial charge in [0.05, 0.1) is 10.0 Å². The van der Waals surface area contributed by atoms with Gasteiger partial charge in [-0.15, -0.1) is 0 Å². The van der Waals surface area contributed by atoms with Crippen molar-refractivity contribution in [3.63, 3.8) is 0 Å². The second kappa shape index (κ2) is 49.7. The molecule has 0 radical (unpaired) electrons. The van der Waals surface area contributed by atoms with Gasteiger partial charge in [-0.1, -0.05) is 109 Å². The summed E-state index contributed by atoms with van der Waals surface area (Å²) in [5, 5.41) is 32.1. The summed E-state index contributed by atoms with van der Waals surface area (Å²) < 4.78 is 7.52. The van der Waals surface area contributed by atoms with Crippen molar-refractivity contribution in [3.8, 4) is 0 Å². The molecule has 36 nitrogen and oxygen atoms in total. The van der Waals surface area contributed by atoms with Gasteiger partial charge in [-0.2, -0.15) is 6.42 Å². The van der Waals surface area contributed by atoms with E-state index < -0.39 is 11.9 Å². The average Bonchev–Trinajstić information content (AvgIpc) is 1.60. The molecule has 3 amide bonds. The van der Waals surface area contributed by atoms with Crippen molar-refractivity contribution in [2.75, 3.05) is 54.0 Å². The number of ketones is 1. The number of carboxylic acid groups (broad SMARTS) is 2. The first-order valence-electron chi connectivity index (χ1n) is 34.4. The summed E-state index contributed by atoms with van der Waals surface area (Å²) in [6.45, 7) is 5.72. The summed E-state index contributed by atoms with van der Waals surface area (Å²) in [5.41, 5.74) is 15.7. The number of H-pyrrole nitrogens is 1. The maximum atomic E-state index is 12.2. The van der Waals surface area contributed by atoms with Crippen molar-refractivity contribution in [1.82, 2.24) is 114 Å². The zero-order chi connectivity index (χ0) is 84.8. The van der Waals surface area contributed by atoms with E-state index in [0.717, 1.165) is 117 Å². The summed E-state index contributed by atoms with van der Waals surface area (Å²) >= 11 is 13.5. The smallest absolute Gasteiger partial charge is 0.477 e. The molecule has 2 fully saturated rings. The van der Waals surface area contributed by atoms with Crippen LogP contribution < -0.4 is 62.4 Å². The number of carbonyl (C=O) groups excluding carboxylic acids is 5. The Morgan fingerprint density at radius 1 is 0.547 bits per heavy atom. The SMILES string of the molecule is CSc1ncc(Br)c(NP)n1.CSc1ncc(C=O)c(NP)n1.CSc1ncc2cc(C(=O)NN)[nH]c2n1.CSc1ncc2cc(C(=O)NN)n(P)c2n1.CSc1ncc2cc(C(=O)O)n(P)c2n1.CSc1ncc2cc(C(=O)O)n(P)c2n1.CSc1ncc2cc3n(c2n1)C1(CCCCC1)NNC3=O.O=C1CCCCC1.[CH2-]CCC.[Li+]. The number of aromatic carboxylic acids is 2. The molecule has 12 aromatic heterocycles. The molecular formula is C67H86BrLiN27O9P5S7. The number of aromatic amines is 1. The van der Waals surface area contributed by atoms with E-state index in [1.165, 1.54) is 116 Å². The van der Waals surface area contributed by atoms with Crippen molar-refractivity contribution < 1.29 is 62.6 Å². The number of unbranched alkanes of at least 4 members (excludes halogenated alkanes) is 1. The van der Waals surface area contributed by atoms with Crippen molar-refractivity contribution in [1.29, 1.82) is 0 Å². The van der Waals surface area contributed by atoms with E-state index in [-0.39, 0.29) is 53.6 Å². The standard InChI is InChI=1S/C14H17N5OS.C8H10N5OPS.C8H9N5OS.2C8H8N3O2PS.C6H8N3OPS.C6H10O.C5H7BrN3PS.C4H9.Li/c1-21-13-15-8-9-7-10-12(20)17-18-14(5-3-2-4-6-14)19(10)11(9)16-13;1-16-8-10-3-4-2-5(7(14)12-9)13(15)6(4)11-8;1-15-8-10-3-4-2-5(7(14)13-9)11-6(4)12-8;2*1-15-8-9-3-4-2-5(7(12)13)11(14)6(4)10-8;1-12-6-7-2-4(3-10)5(8-6)9-11;7-6-4-2-1-3-5-6;1-11-5-7-2-3(6)4(8-5)9-10;1-3-4-2;/h7-8,18H,2-6H2,1H3,(H,17,20);2-3H,9,15H2,1H3,(H,12,14);2-3H,9H2,1H3,(H,13,14)(H,10,11,12);2*2-3H,14H2,1H3,(H,12,13);2-3H,11H2,1H3,(H,7,8,9);1-5H2;2H,10H2,1H3,(H,7,8,9);1,3-4H2,2H3;/q;;;;;;;;-1;+1. The van der Waals surface area contributed by atoms with Crippen LogP contribution in [0.15, 0.2) is 114 Å². The third-order valence-electron chi connectivity index (χ3n) is 16.4. The maximum absolute atomic E-state index is 12.2. The Kier molecular flexibility index (Phi) is 42.1. The van der Waals surface area contributed by atoms with Crippen molar-refractivity contribution in [2.45, 2.75) is 126 Å². The first-order chi connectivity index (χ1) is 55.8. The third kappa shape index (κ3) is 27.1. The number of nitrogen functional groups attached to an aromatic ring is 2. The summed E-state index contributed by atoms with van der Waals surface area (Å²) in [5.74, 6) is 9.10. The minimum absolute atomic E-state index is 0. The van der Waals surface area contributed by atoms with Crippen molar-refractivity contribution in [2.24, 2.45) is 11.7 Å². The van der Waals surface area contributed by atoms with Gasteiger partial charge in [-0.25, -0.2) is 96.5 Å². The molecule has 618 valence electrons. The molecule has 1 aliphatic heterocycles. The molecule has 2 aliphatic carbocycles. The maximum Gasteiger partial charge on any atom is 1.00 e. The number of aldehydes is 1. The summed E-state index contributed by atoms with van der Waals surface area (Å²) in [6, 6.07) is 8.34. The fourth-order valence-electron chi connectivity index (χ4n) is 10.7. The predicted octanol–water partition coefficient (Wildman–Crippen LogP) is 9.20. The van der Waals surface area contributed by atoms with E-state index in [9.17, 15) is 33.6 Å². The monoisotopic (exact) mass is 1880 g/mol. The minimum atomic E-state index is -0.978. The van der Waals surface area contributed by atoms with Gasteiger partial charge in [0, 0.05) is 83.2 Å². The van der Waals surface area contributed by atoms with Gasteiger partial charge >= 0.3 is 30.8 Å². The number of amides is 3. The Morgan fingerprint density at radius 3 is 1.34 bits per heavy atom. The van der Waals surface area contributed by atoms with Crippen LogP contribution in [0.4, 0.5) is 11.6 Å². The van der Waals surface area contributed by atoms with Crippen LogP contribution >= 0.6 is 145 Å². The molecular weight excluding hydrogens is 1790 g/mol. The van der Waals surface area contributed by atoms with Crippen LogP contribution in [0.3, 0.4) is 0 Å². The van der Waals surface area contributed by atoms with Crippen molar-refractivity contribution >= 4 is 254 Å². The van der Waals surface area contributed by atoms with Gasteiger partial charge in [-0.3, -0.25) is 40.3 Å². The molecule has 13 heterocycles. The number of hydrogen-bond acceptors (Lipinski definition) is 33. The number of hydrogen-bond donors (Lipinski definition) is 11. The molecule has 5 atom stereocenters. The van der Waals surface area contributed by atoms with E-state index in [1.807, 2.05) is 61.5 Å². The van der Waals surface area contributed by atoms with Gasteiger partial charge in [0.1, 0.15) is 79.8 Å². The molecule has 13 N–H and O–H groups in total. The number of fused-ring (bicyclic) bond motifs is 8. The molecule has 1 spiro atoms. The first-order valence-corrected chi connectivity index (χ1v) is 46.5. The fraction of sp³-hybridized carbons (Fsp3) is 0.313. The Balaban J connectivity index is 0.000000209. The van der Waals surface area contributed by atoms with Gasteiger partial charge in [-0.05, 0) is 176 Å². The molecule has 0 aromatic carbocycles. The van der Waals surface area contributed by atoms with Gasteiger partial charge < -0.3 is 49.9 Å². The zero-order valence-corrected chi connectivity index (χ0v) is 77.9. The zero-order valence-electron chi connectivity index (χ0n) is 64.8. The Bertz CT molecular complexity index is 5320. The summed E-state index contributed by atoms with van der Waals surface area (Å²) in [6.07, 6.45) is 38.7. The Morgan fingerprint density at radius 2 is 0.932 bits per heavy atom. The summed E-state index contributed by atoms with van der Waals surface area (Å²) in [7, 11) is 11.8. The van der Waals surface area contributed by atoms with E-state index in [2.05, 4.69) is 183 Å².